The van der Waals surface area contributed by atoms with Crippen LogP contribution in [0, 0.1) is 6.92 Å². The van der Waals surface area contributed by atoms with Crippen LogP contribution < -0.4 is 16.0 Å². The summed E-state index contributed by atoms with van der Waals surface area (Å²) in [4.78, 5) is 19.5. The Hall–Kier alpha value is -2.09. The van der Waals surface area contributed by atoms with Crippen LogP contribution >= 0.6 is 24.8 Å². The van der Waals surface area contributed by atoms with Gasteiger partial charge in [-0.25, -0.2) is 15.8 Å². The Morgan fingerprint density at radius 3 is 2.68 bits per heavy atom. The van der Waals surface area contributed by atoms with Crippen LogP contribution in [0.25, 0.3) is 11.8 Å². The highest BCUT2D eigenvalue weighted by molar-refractivity contribution is 5.91. The van der Waals surface area contributed by atoms with Crippen molar-refractivity contribution in [3.05, 3.63) is 42.1 Å². The quantitative estimate of drug-likeness (QED) is 0.378. The van der Waals surface area contributed by atoms with E-state index in [0.29, 0.717) is 11.6 Å². The van der Waals surface area contributed by atoms with Gasteiger partial charge < -0.3 is 9.30 Å². The van der Waals surface area contributed by atoms with Gasteiger partial charge in [0.05, 0.1) is 24.8 Å². The molecule has 0 unspecified atom stereocenters. The van der Waals surface area contributed by atoms with Crippen LogP contribution in [0.5, 0.6) is 5.88 Å². The summed E-state index contributed by atoms with van der Waals surface area (Å²) in [6.07, 6.45) is 6.40. The van der Waals surface area contributed by atoms with E-state index in [0.717, 1.165) is 11.4 Å². The number of imidazole rings is 1. The van der Waals surface area contributed by atoms with E-state index in [4.69, 9.17) is 10.6 Å². The summed E-state index contributed by atoms with van der Waals surface area (Å²) in [5, 5.41) is 0. The van der Waals surface area contributed by atoms with Crippen molar-refractivity contribution in [1.29, 1.82) is 0 Å². The van der Waals surface area contributed by atoms with Crippen LogP contribution in [0.15, 0.2) is 30.7 Å². The van der Waals surface area contributed by atoms with E-state index in [1.807, 2.05) is 29.2 Å². The molecule has 7 nitrogen and oxygen atoms in total. The Morgan fingerprint density at radius 2 is 2.14 bits per heavy atom. The highest BCUT2D eigenvalue weighted by Crippen LogP contribution is 2.21. The molecule has 0 bridgehead atoms. The SMILES string of the molecule is COc1nc(C=CC(=O)NN)ccc1-n1cnc(C)c1.Cl.Cl. The fourth-order valence-corrected chi connectivity index (χ4v) is 1.65. The predicted octanol–water partition coefficient (Wildman–Crippen LogP) is 1.43. The summed E-state index contributed by atoms with van der Waals surface area (Å²) >= 11 is 0. The van der Waals surface area contributed by atoms with E-state index in [1.165, 1.54) is 13.2 Å². The molecule has 2 aromatic heterocycles. The van der Waals surface area contributed by atoms with Crippen molar-refractivity contribution in [3.8, 4) is 11.6 Å². The van der Waals surface area contributed by atoms with Crippen molar-refractivity contribution in [2.45, 2.75) is 6.92 Å². The number of hydrogen-bond acceptors (Lipinski definition) is 5. The molecule has 0 aliphatic carbocycles. The Bertz CT molecular complexity index is 658. The number of amides is 1. The zero-order valence-corrected chi connectivity index (χ0v) is 13.6. The summed E-state index contributed by atoms with van der Waals surface area (Å²) in [5.74, 6) is 5.03. The maximum absolute atomic E-state index is 11.0. The Balaban J connectivity index is 0.00000220. The molecule has 9 heteroatoms. The predicted molar refractivity (Wildman–Crippen MR) is 88.5 cm³/mol. The van der Waals surface area contributed by atoms with Crippen LogP contribution in [0.1, 0.15) is 11.4 Å². The lowest BCUT2D eigenvalue weighted by Gasteiger charge is -2.08. The van der Waals surface area contributed by atoms with E-state index < -0.39 is 5.91 Å². The smallest absolute Gasteiger partial charge is 0.257 e. The number of aryl methyl sites for hydroxylation is 1. The molecule has 0 atom stereocenters. The lowest BCUT2D eigenvalue weighted by Crippen LogP contribution is -2.27. The van der Waals surface area contributed by atoms with Gasteiger partial charge in [0, 0.05) is 12.3 Å². The van der Waals surface area contributed by atoms with Gasteiger partial charge in [-0.05, 0) is 25.1 Å². The number of nitrogens with one attached hydrogen (secondary N) is 1. The van der Waals surface area contributed by atoms with Gasteiger partial charge in [0.25, 0.3) is 5.91 Å². The highest BCUT2D eigenvalue weighted by Gasteiger charge is 2.08. The second-order valence-electron chi connectivity index (χ2n) is 4.03. The second kappa shape index (κ2) is 9.04. The second-order valence-corrected chi connectivity index (χ2v) is 4.03. The summed E-state index contributed by atoms with van der Waals surface area (Å²) in [7, 11) is 1.54. The number of ether oxygens (including phenoxy) is 1. The molecule has 2 rings (SSSR count). The zero-order valence-electron chi connectivity index (χ0n) is 12.0. The molecular weight excluding hydrogens is 329 g/mol. The van der Waals surface area contributed by atoms with Gasteiger partial charge in [-0.3, -0.25) is 10.2 Å². The standard InChI is InChI=1S/C13H15N5O2.2ClH/c1-9-7-18(8-15-9)11-5-3-10(16-13(11)20-2)4-6-12(19)17-14;;/h3-8H,14H2,1-2H3,(H,17,19);2*1H. The van der Waals surface area contributed by atoms with Crippen LogP contribution in [0.2, 0.25) is 0 Å². The van der Waals surface area contributed by atoms with Crippen molar-refractivity contribution in [2.24, 2.45) is 5.84 Å². The van der Waals surface area contributed by atoms with Crippen molar-refractivity contribution in [1.82, 2.24) is 20.0 Å². The molecule has 0 aromatic carbocycles. The Labute approximate surface area is 140 Å². The molecule has 2 aromatic rings. The maximum Gasteiger partial charge on any atom is 0.257 e. The summed E-state index contributed by atoms with van der Waals surface area (Å²) in [6.45, 7) is 1.90. The highest BCUT2D eigenvalue weighted by atomic mass is 35.5. The van der Waals surface area contributed by atoms with Gasteiger partial charge in [0.2, 0.25) is 5.88 Å². The monoisotopic (exact) mass is 345 g/mol. The molecule has 3 N–H and O–H groups in total. The van der Waals surface area contributed by atoms with E-state index in [9.17, 15) is 4.79 Å². The number of nitrogens with two attached hydrogens (primary N) is 1. The first kappa shape index (κ1) is 19.9. The van der Waals surface area contributed by atoms with Gasteiger partial charge in [-0.2, -0.15) is 0 Å². The van der Waals surface area contributed by atoms with Gasteiger partial charge in [-0.1, -0.05) is 0 Å². The normalized spacial score (nSPS) is 9.77. The molecule has 0 fully saturated rings. The lowest BCUT2D eigenvalue weighted by molar-refractivity contribution is -0.116. The van der Waals surface area contributed by atoms with Crippen molar-refractivity contribution < 1.29 is 9.53 Å². The number of carbonyl (C=O) groups excluding carboxylic acids is 1. The van der Waals surface area contributed by atoms with E-state index in [-0.39, 0.29) is 24.8 Å². The third-order valence-corrected chi connectivity index (χ3v) is 2.59. The molecule has 0 spiro atoms. The number of halogens is 2. The first-order valence-electron chi connectivity index (χ1n) is 5.88. The number of hydrogen-bond donors (Lipinski definition) is 2. The zero-order chi connectivity index (χ0) is 14.5. The van der Waals surface area contributed by atoms with Crippen LogP contribution in [-0.4, -0.2) is 27.6 Å². The molecule has 0 saturated heterocycles. The maximum atomic E-state index is 11.0. The lowest BCUT2D eigenvalue weighted by atomic mass is 10.3. The first-order valence-corrected chi connectivity index (χ1v) is 5.88. The van der Waals surface area contributed by atoms with Crippen molar-refractivity contribution in [3.63, 3.8) is 0 Å². The summed E-state index contributed by atoms with van der Waals surface area (Å²) in [5.41, 5.74) is 4.27. The Kier molecular flexibility index (Phi) is 8.18. The molecule has 120 valence electrons. The fraction of sp³-hybridized carbons (Fsp3) is 0.154. The van der Waals surface area contributed by atoms with Crippen molar-refractivity contribution in [2.75, 3.05) is 7.11 Å². The fourth-order valence-electron chi connectivity index (χ4n) is 1.65. The molecule has 0 aliphatic heterocycles. The summed E-state index contributed by atoms with van der Waals surface area (Å²) in [6, 6.07) is 3.61. The number of rotatable bonds is 4. The van der Waals surface area contributed by atoms with Gasteiger partial charge >= 0.3 is 0 Å². The summed E-state index contributed by atoms with van der Waals surface area (Å²) < 4.78 is 7.08. The van der Waals surface area contributed by atoms with Crippen LogP contribution in [0.4, 0.5) is 0 Å². The van der Waals surface area contributed by atoms with E-state index >= 15 is 0 Å². The van der Waals surface area contributed by atoms with Gasteiger partial charge in [-0.15, -0.1) is 24.8 Å². The van der Waals surface area contributed by atoms with Crippen molar-refractivity contribution >= 4 is 36.8 Å². The third kappa shape index (κ3) is 4.73. The van der Waals surface area contributed by atoms with E-state index in [1.54, 1.807) is 18.5 Å². The molecule has 1 amide bonds. The molecule has 2 heterocycles. The Morgan fingerprint density at radius 1 is 1.41 bits per heavy atom. The molecule has 0 saturated carbocycles. The number of pyridine rings is 1. The van der Waals surface area contributed by atoms with E-state index in [2.05, 4.69) is 9.97 Å². The molecular formula is C13H17Cl2N5O2. The molecule has 0 radical (unpaired) electrons. The number of nitrogens with zero attached hydrogens (tertiary/aromatic N) is 3. The minimum Gasteiger partial charge on any atom is -0.479 e. The minimum atomic E-state index is -0.403. The first-order chi connectivity index (χ1) is 9.63. The third-order valence-electron chi connectivity index (χ3n) is 2.59. The minimum absolute atomic E-state index is 0. The average Bonchev–Trinajstić information content (AvgIpc) is 2.90. The largest absolute Gasteiger partial charge is 0.479 e. The topological polar surface area (TPSA) is 95.1 Å². The number of aromatic nitrogens is 3. The number of methoxy groups -OCH3 is 1. The average molecular weight is 346 g/mol. The molecule has 22 heavy (non-hydrogen) atoms. The number of hydrazine groups is 1. The van der Waals surface area contributed by atoms with Gasteiger partial charge in [0.15, 0.2) is 0 Å². The molecule has 0 aliphatic rings. The van der Waals surface area contributed by atoms with Crippen LogP contribution in [-0.2, 0) is 4.79 Å². The van der Waals surface area contributed by atoms with Crippen LogP contribution in [0.3, 0.4) is 0 Å². The number of carbonyl (C=O) groups is 1. The van der Waals surface area contributed by atoms with Gasteiger partial charge in [0.1, 0.15) is 5.69 Å².